The molecule has 15 heavy (non-hydrogen) atoms. The lowest BCUT2D eigenvalue weighted by Gasteiger charge is -2.06. The van der Waals surface area contributed by atoms with E-state index in [1.807, 2.05) is 13.0 Å². The van der Waals surface area contributed by atoms with Gasteiger partial charge in [0.25, 0.3) is 0 Å². The van der Waals surface area contributed by atoms with Gasteiger partial charge in [0.15, 0.2) is 0 Å². The predicted molar refractivity (Wildman–Crippen MR) is 60.0 cm³/mol. The standard InChI is InChI=1S/C11H9BrO3/c1-6-8(12)5-9-7(3-4-15-9)10(6)11(13)14-2/h3-5H,1-2H3. The van der Waals surface area contributed by atoms with Gasteiger partial charge < -0.3 is 9.15 Å². The number of carbonyl (C=O) groups excluding carboxylic acids is 1. The number of halogens is 1. The van der Waals surface area contributed by atoms with Crippen molar-refractivity contribution in [2.45, 2.75) is 6.92 Å². The van der Waals surface area contributed by atoms with Gasteiger partial charge >= 0.3 is 5.97 Å². The van der Waals surface area contributed by atoms with Crippen molar-refractivity contribution in [2.75, 3.05) is 7.11 Å². The highest BCUT2D eigenvalue weighted by Crippen LogP contribution is 2.30. The van der Waals surface area contributed by atoms with Gasteiger partial charge in [0.05, 0.1) is 18.9 Å². The van der Waals surface area contributed by atoms with Gasteiger partial charge in [0, 0.05) is 9.86 Å². The highest BCUT2D eigenvalue weighted by molar-refractivity contribution is 9.10. The van der Waals surface area contributed by atoms with Crippen LogP contribution in [0.25, 0.3) is 11.0 Å². The first-order valence-electron chi connectivity index (χ1n) is 4.39. The molecule has 0 saturated heterocycles. The van der Waals surface area contributed by atoms with Crippen molar-refractivity contribution in [3.05, 3.63) is 34.0 Å². The number of rotatable bonds is 1. The molecule has 0 aliphatic heterocycles. The molecule has 3 nitrogen and oxygen atoms in total. The van der Waals surface area contributed by atoms with Gasteiger partial charge in [-0.25, -0.2) is 4.79 Å². The summed E-state index contributed by atoms with van der Waals surface area (Å²) < 4.78 is 10.8. The van der Waals surface area contributed by atoms with Crippen LogP contribution in [0.3, 0.4) is 0 Å². The SMILES string of the molecule is COC(=O)c1c(C)c(Br)cc2occc12. The summed E-state index contributed by atoms with van der Waals surface area (Å²) in [5, 5.41) is 0.780. The lowest BCUT2D eigenvalue weighted by atomic mass is 10.0. The molecule has 0 aliphatic carbocycles. The number of furan rings is 1. The van der Waals surface area contributed by atoms with E-state index in [2.05, 4.69) is 15.9 Å². The fourth-order valence-corrected chi connectivity index (χ4v) is 1.96. The predicted octanol–water partition coefficient (Wildman–Crippen LogP) is 3.29. The van der Waals surface area contributed by atoms with Crippen LogP contribution in [0.1, 0.15) is 15.9 Å². The van der Waals surface area contributed by atoms with Gasteiger partial charge in [-0.1, -0.05) is 15.9 Å². The number of methoxy groups -OCH3 is 1. The second-order valence-corrected chi connectivity index (χ2v) is 4.04. The Balaban J connectivity index is 2.83. The number of carbonyl (C=O) groups is 1. The minimum atomic E-state index is -0.347. The van der Waals surface area contributed by atoms with Gasteiger partial charge in [0.1, 0.15) is 5.58 Å². The molecule has 0 atom stereocenters. The van der Waals surface area contributed by atoms with Crippen LogP contribution in [0.4, 0.5) is 0 Å². The van der Waals surface area contributed by atoms with Crippen molar-refractivity contribution in [2.24, 2.45) is 0 Å². The van der Waals surface area contributed by atoms with Crippen LogP contribution in [0, 0.1) is 6.92 Å². The Bertz CT molecular complexity index is 528. The second kappa shape index (κ2) is 3.70. The van der Waals surface area contributed by atoms with Crippen LogP contribution in [0.15, 0.2) is 27.3 Å². The summed E-state index contributed by atoms with van der Waals surface area (Å²) in [7, 11) is 1.37. The van der Waals surface area contributed by atoms with E-state index < -0.39 is 0 Å². The number of hydrogen-bond donors (Lipinski definition) is 0. The molecule has 0 unspecified atom stereocenters. The van der Waals surface area contributed by atoms with Crippen LogP contribution in [-0.2, 0) is 4.74 Å². The van der Waals surface area contributed by atoms with Gasteiger partial charge in [-0.15, -0.1) is 0 Å². The van der Waals surface area contributed by atoms with Crippen molar-refractivity contribution >= 4 is 32.9 Å². The van der Waals surface area contributed by atoms with Crippen molar-refractivity contribution in [1.82, 2.24) is 0 Å². The molecule has 0 bridgehead atoms. The molecule has 0 radical (unpaired) electrons. The molecule has 0 spiro atoms. The average Bonchev–Trinajstić information content (AvgIpc) is 2.66. The Kier molecular flexibility index (Phi) is 2.52. The highest BCUT2D eigenvalue weighted by Gasteiger charge is 2.17. The maximum Gasteiger partial charge on any atom is 0.338 e. The maximum absolute atomic E-state index is 11.6. The molecule has 0 aliphatic rings. The average molecular weight is 269 g/mol. The van der Waals surface area contributed by atoms with E-state index in [9.17, 15) is 4.79 Å². The number of hydrogen-bond acceptors (Lipinski definition) is 3. The Morgan fingerprint density at radius 3 is 2.93 bits per heavy atom. The lowest BCUT2D eigenvalue weighted by Crippen LogP contribution is -2.04. The van der Waals surface area contributed by atoms with Gasteiger partial charge in [-0.2, -0.15) is 0 Å². The fraction of sp³-hybridized carbons (Fsp3) is 0.182. The summed E-state index contributed by atoms with van der Waals surface area (Å²) in [6, 6.07) is 3.61. The van der Waals surface area contributed by atoms with Gasteiger partial charge in [-0.05, 0) is 24.6 Å². The summed E-state index contributed by atoms with van der Waals surface area (Å²) in [6.45, 7) is 1.86. The molecule has 2 aromatic rings. The Morgan fingerprint density at radius 2 is 2.27 bits per heavy atom. The van der Waals surface area contributed by atoms with Gasteiger partial charge in [-0.3, -0.25) is 0 Å². The number of fused-ring (bicyclic) bond motifs is 1. The Morgan fingerprint density at radius 1 is 1.53 bits per heavy atom. The minimum Gasteiger partial charge on any atom is -0.465 e. The van der Waals surface area contributed by atoms with E-state index in [1.54, 1.807) is 12.3 Å². The smallest absolute Gasteiger partial charge is 0.338 e. The van der Waals surface area contributed by atoms with Crippen LogP contribution < -0.4 is 0 Å². The number of benzene rings is 1. The maximum atomic E-state index is 11.6. The number of ether oxygens (including phenoxy) is 1. The molecule has 1 aromatic carbocycles. The van der Waals surface area contributed by atoms with Crippen molar-refractivity contribution < 1.29 is 13.9 Å². The lowest BCUT2D eigenvalue weighted by molar-refractivity contribution is 0.0602. The Hall–Kier alpha value is -1.29. The summed E-state index contributed by atoms with van der Waals surface area (Å²) >= 11 is 3.38. The zero-order valence-electron chi connectivity index (χ0n) is 8.33. The van der Waals surface area contributed by atoms with Crippen molar-refractivity contribution in [3.63, 3.8) is 0 Å². The normalized spacial score (nSPS) is 10.6. The first kappa shape index (κ1) is 10.2. The van der Waals surface area contributed by atoms with E-state index >= 15 is 0 Å². The van der Waals surface area contributed by atoms with E-state index in [0.717, 1.165) is 15.4 Å². The molecular formula is C11H9BrO3. The molecular weight excluding hydrogens is 260 g/mol. The molecule has 0 saturated carbocycles. The van der Waals surface area contributed by atoms with Crippen LogP contribution in [-0.4, -0.2) is 13.1 Å². The summed E-state index contributed by atoms with van der Waals surface area (Å²) in [4.78, 5) is 11.6. The van der Waals surface area contributed by atoms with E-state index in [-0.39, 0.29) is 5.97 Å². The number of esters is 1. The first-order valence-corrected chi connectivity index (χ1v) is 5.19. The van der Waals surface area contributed by atoms with E-state index in [0.29, 0.717) is 11.1 Å². The third-order valence-electron chi connectivity index (χ3n) is 2.35. The molecule has 4 heteroatoms. The molecule has 78 valence electrons. The third-order valence-corrected chi connectivity index (χ3v) is 3.17. The zero-order chi connectivity index (χ0) is 11.0. The molecule has 1 heterocycles. The summed E-state index contributed by atoms with van der Waals surface area (Å²) in [5.74, 6) is -0.347. The molecule has 1 aromatic heterocycles. The van der Waals surface area contributed by atoms with E-state index in [4.69, 9.17) is 9.15 Å². The Labute approximate surface area is 95.1 Å². The van der Waals surface area contributed by atoms with Crippen molar-refractivity contribution in [1.29, 1.82) is 0 Å². The molecule has 2 rings (SSSR count). The van der Waals surface area contributed by atoms with Crippen LogP contribution in [0.2, 0.25) is 0 Å². The summed E-state index contributed by atoms with van der Waals surface area (Å²) in [6.07, 6.45) is 1.56. The minimum absolute atomic E-state index is 0.347. The molecule has 0 amide bonds. The molecule has 0 fully saturated rings. The zero-order valence-corrected chi connectivity index (χ0v) is 9.92. The first-order chi connectivity index (χ1) is 7.15. The van der Waals surface area contributed by atoms with Crippen LogP contribution in [0.5, 0.6) is 0 Å². The van der Waals surface area contributed by atoms with Crippen LogP contribution >= 0.6 is 15.9 Å². The fourth-order valence-electron chi connectivity index (χ4n) is 1.55. The molecule has 0 N–H and O–H groups in total. The summed E-state index contributed by atoms with van der Waals surface area (Å²) in [5.41, 5.74) is 2.08. The highest BCUT2D eigenvalue weighted by atomic mass is 79.9. The quantitative estimate of drug-likeness (QED) is 0.746. The van der Waals surface area contributed by atoms with E-state index in [1.165, 1.54) is 7.11 Å². The third kappa shape index (κ3) is 1.55. The van der Waals surface area contributed by atoms with Crippen molar-refractivity contribution in [3.8, 4) is 0 Å². The van der Waals surface area contributed by atoms with Gasteiger partial charge in [0.2, 0.25) is 0 Å². The monoisotopic (exact) mass is 268 g/mol. The largest absolute Gasteiger partial charge is 0.465 e. The topological polar surface area (TPSA) is 39.4 Å². The second-order valence-electron chi connectivity index (χ2n) is 3.18.